The first-order valence-corrected chi connectivity index (χ1v) is 9.36. The molecule has 2 aromatic carbocycles. The molecule has 1 N–H and O–H groups in total. The van der Waals surface area contributed by atoms with Crippen LogP contribution in [0.2, 0.25) is 0 Å². The number of carbonyl (C=O) groups is 3. The highest BCUT2D eigenvalue weighted by Gasteiger charge is 2.34. The van der Waals surface area contributed by atoms with E-state index in [1.54, 1.807) is 29.2 Å². The molecule has 1 aliphatic heterocycles. The largest absolute Gasteiger partial charge is 0.465 e. The Morgan fingerprint density at radius 2 is 1.71 bits per heavy atom. The summed E-state index contributed by atoms with van der Waals surface area (Å²) < 4.78 is 4.67. The molecule has 6 heteroatoms. The fourth-order valence-electron chi connectivity index (χ4n) is 3.25. The summed E-state index contributed by atoms with van der Waals surface area (Å²) in [5, 5.41) is 2.88. The molecule has 1 unspecified atom stereocenters. The van der Waals surface area contributed by atoms with Crippen LogP contribution in [-0.2, 0) is 27.3 Å². The predicted octanol–water partition coefficient (Wildman–Crippen LogP) is 2.70. The summed E-state index contributed by atoms with van der Waals surface area (Å²) >= 11 is 0. The quantitative estimate of drug-likeness (QED) is 0.782. The lowest BCUT2D eigenvalue weighted by Crippen LogP contribution is -2.32. The Bertz CT molecular complexity index is 859. The summed E-state index contributed by atoms with van der Waals surface area (Å²) in [6.07, 6.45) is 1.16. The van der Waals surface area contributed by atoms with Crippen molar-refractivity contribution in [1.82, 2.24) is 5.32 Å². The highest BCUT2D eigenvalue weighted by atomic mass is 16.5. The van der Waals surface area contributed by atoms with E-state index in [-0.39, 0.29) is 24.2 Å². The second-order valence-electron chi connectivity index (χ2n) is 6.83. The van der Waals surface area contributed by atoms with Gasteiger partial charge < -0.3 is 15.0 Å². The van der Waals surface area contributed by atoms with E-state index in [2.05, 4.69) is 17.0 Å². The van der Waals surface area contributed by atoms with Crippen molar-refractivity contribution < 1.29 is 19.1 Å². The van der Waals surface area contributed by atoms with Gasteiger partial charge in [0.05, 0.1) is 18.6 Å². The molecule has 0 aliphatic carbocycles. The van der Waals surface area contributed by atoms with Gasteiger partial charge in [-0.2, -0.15) is 0 Å². The molecule has 0 saturated carbocycles. The second kappa shape index (κ2) is 8.69. The zero-order valence-electron chi connectivity index (χ0n) is 16.1. The van der Waals surface area contributed by atoms with Crippen LogP contribution in [0.25, 0.3) is 0 Å². The van der Waals surface area contributed by atoms with E-state index >= 15 is 0 Å². The number of methoxy groups -OCH3 is 1. The molecule has 28 heavy (non-hydrogen) atoms. The number of carbonyl (C=O) groups excluding carboxylic acids is 3. The first-order chi connectivity index (χ1) is 13.5. The summed E-state index contributed by atoms with van der Waals surface area (Å²) in [4.78, 5) is 38.0. The number of hydrogen-bond acceptors (Lipinski definition) is 4. The summed E-state index contributed by atoms with van der Waals surface area (Å²) in [5.41, 5.74) is 3.37. The number of ether oxygens (including phenoxy) is 1. The molecule has 0 bridgehead atoms. The standard InChI is InChI=1S/C22H24N2O4/c1-3-15-6-10-19(11-7-15)24-14-18(12-20(24)25)21(26)23-13-16-4-8-17(9-5-16)22(27)28-2/h4-11,18H,3,12-14H2,1-2H3,(H,23,26). The SMILES string of the molecule is CCc1ccc(N2CC(C(=O)NCc3ccc(C(=O)OC)cc3)CC2=O)cc1. The summed E-state index contributed by atoms with van der Waals surface area (Å²) in [7, 11) is 1.33. The van der Waals surface area contributed by atoms with E-state index in [4.69, 9.17) is 0 Å². The Labute approximate surface area is 164 Å². The summed E-state index contributed by atoms with van der Waals surface area (Å²) in [6, 6.07) is 14.7. The number of anilines is 1. The number of benzene rings is 2. The van der Waals surface area contributed by atoms with Crippen molar-refractivity contribution in [1.29, 1.82) is 0 Å². The van der Waals surface area contributed by atoms with Crippen molar-refractivity contribution in [2.45, 2.75) is 26.3 Å². The van der Waals surface area contributed by atoms with Gasteiger partial charge in [0.25, 0.3) is 0 Å². The van der Waals surface area contributed by atoms with E-state index in [1.165, 1.54) is 12.7 Å². The Morgan fingerprint density at radius 3 is 2.32 bits per heavy atom. The average Bonchev–Trinajstić information content (AvgIpc) is 3.13. The first kappa shape index (κ1) is 19.6. The van der Waals surface area contributed by atoms with Crippen molar-refractivity contribution >= 4 is 23.5 Å². The number of esters is 1. The lowest BCUT2D eigenvalue weighted by atomic mass is 10.1. The fourth-order valence-corrected chi connectivity index (χ4v) is 3.25. The second-order valence-corrected chi connectivity index (χ2v) is 6.83. The molecule has 1 heterocycles. The van der Waals surface area contributed by atoms with Crippen molar-refractivity contribution in [3.05, 3.63) is 65.2 Å². The normalized spacial score (nSPS) is 16.1. The Morgan fingerprint density at radius 1 is 1.07 bits per heavy atom. The maximum absolute atomic E-state index is 12.5. The van der Waals surface area contributed by atoms with Crippen LogP contribution < -0.4 is 10.2 Å². The molecule has 146 valence electrons. The maximum atomic E-state index is 12.5. The molecule has 0 radical (unpaired) electrons. The molecule has 1 fully saturated rings. The highest BCUT2D eigenvalue weighted by Crippen LogP contribution is 2.25. The maximum Gasteiger partial charge on any atom is 0.337 e. The minimum Gasteiger partial charge on any atom is -0.465 e. The predicted molar refractivity (Wildman–Crippen MR) is 106 cm³/mol. The van der Waals surface area contributed by atoms with Crippen LogP contribution in [0.4, 0.5) is 5.69 Å². The third kappa shape index (κ3) is 4.39. The summed E-state index contributed by atoms with van der Waals surface area (Å²) in [6.45, 7) is 2.81. The third-order valence-corrected chi connectivity index (χ3v) is 4.99. The zero-order valence-corrected chi connectivity index (χ0v) is 16.1. The van der Waals surface area contributed by atoms with Crippen molar-refractivity contribution in [2.24, 2.45) is 5.92 Å². The molecule has 1 aliphatic rings. The number of aryl methyl sites for hydroxylation is 1. The van der Waals surface area contributed by atoms with Gasteiger partial charge in [0.2, 0.25) is 11.8 Å². The van der Waals surface area contributed by atoms with Gasteiger partial charge in [-0.25, -0.2) is 4.79 Å². The van der Waals surface area contributed by atoms with Crippen LogP contribution in [0.3, 0.4) is 0 Å². The molecule has 3 rings (SSSR count). The van der Waals surface area contributed by atoms with Gasteiger partial charge in [-0.05, 0) is 41.8 Å². The molecule has 1 atom stereocenters. The van der Waals surface area contributed by atoms with Gasteiger partial charge >= 0.3 is 5.97 Å². The van der Waals surface area contributed by atoms with Gasteiger partial charge in [-0.3, -0.25) is 9.59 Å². The molecule has 0 spiro atoms. The number of nitrogens with one attached hydrogen (secondary N) is 1. The first-order valence-electron chi connectivity index (χ1n) is 9.36. The van der Waals surface area contributed by atoms with Crippen LogP contribution >= 0.6 is 0 Å². The minimum atomic E-state index is -0.396. The Kier molecular flexibility index (Phi) is 6.09. The fraction of sp³-hybridized carbons (Fsp3) is 0.318. The topological polar surface area (TPSA) is 75.7 Å². The monoisotopic (exact) mass is 380 g/mol. The minimum absolute atomic E-state index is 0.0353. The van der Waals surface area contributed by atoms with Crippen LogP contribution in [0.5, 0.6) is 0 Å². The van der Waals surface area contributed by atoms with Gasteiger partial charge in [0.1, 0.15) is 0 Å². The smallest absolute Gasteiger partial charge is 0.337 e. The van der Waals surface area contributed by atoms with Gasteiger partial charge in [0, 0.05) is 25.2 Å². The van der Waals surface area contributed by atoms with Crippen molar-refractivity contribution in [2.75, 3.05) is 18.6 Å². The number of nitrogens with zero attached hydrogens (tertiary/aromatic N) is 1. The molecule has 6 nitrogen and oxygen atoms in total. The van der Waals surface area contributed by atoms with E-state index in [0.717, 1.165) is 17.7 Å². The lowest BCUT2D eigenvalue weighted by molar-refractivity contribution is -0.126. The highest BCUT2D eigenvalue weighted by molar-refractivity contribution is 6.00. The number of rotatable bonds is 6. The van der Waals surface area contributed by atoms with Crippen LogP contribution in [0.1, 0.15) is 34.8 Å². The van der Waals surface area contributed by atoms with Crippen LogP contribution in [-0.4, -0.2) is 31.4 Å². The molecular weight excluding hydrogens is 356 g/mol. The van der Waals surface area contributed by atoms with E-state index in [9.17, 15) is 14.4 Å². The molecule has 1 saturated heterocycles. The Balaban J connectivity index is 1.56. The van der Waals surface area contributed by atoms with Crippen LogP contribution in [0, 0.1) is 5.92 Å². The zero-order chi connectivity index (χ0) is 20.1. The van der Waals surface area contributed by atoms with Crippen LogP contribution in [0.15, 0.2) is 48.5 Å². The summed E-state index contributed by atoms with van der Waals surface area (Å²) in [5.74, 6) is -0.940. The van der Waals surface area contributed by atoms with Gasteiger partial charge in [-0.15, -0.1) is 0 Å². The molecule has 2 aromatic rings. The lowest BCUT2D eigenvalue weighted by Gasteiger charge is -2.17. The van der Waals surface area contributed by atoms with Gasteiger partial charge in [0.15, 0.2) is 0 Å². The van der Waals surface area contributed by atoms with E-state index in [1.807, 2.05) is 24.3 Å². The van der Waals surface area contributed by atoms with Crippen molar-refractivity contribution in [3.8, 4) is 0 Å². The van der Waals surface area contributed by atoms with E-state index < -0.39 is 5.97 Å². The molecule has 2 amide bonds. The molecular formula is C22H24N2O4. The van der Waals surface area contributed by atoms with Gasteiger partial charge in [-0.1, -0.05) is 31.2 Å². The average molecular weight is 380 g/mol. The Hall–Kier alpha value is -3.15. The third-order valence-electron chi connectivity index (χ3n) is 4.99. The van der Waals surface area contributed by atoms with Crippen molar-refractivity contribution in [3.63, 3.8) is 0 Å². The number of amides is 2. The van der Waals surface area contributed by atoms with E-state index in [0.29, 0.717) is 18.7 Å². The number of hydrogen-bond donors (Lipinski definition) is 1. The molecule has 0 aromatic heterocycles.